The number of aldehydes is 1. The highest BCUT2D eigenvalue weighted by Gasteiger charge is 2.30. The minimum atomic E-state index is -0.605. The molecule has 0 atom stereocenters. The Morgan fingerprint density at radius 3 is 2.48 bits per heavy atom. The van der Waals surface area contributed by atoms with Crippen LogP contribution in [0.3, 0.4) is 0 Å². The fraction of sp³-hybridized carbons (Fsp3) is 0.524. The molecule has 1 aromatic carbocycles. The zero-order valence-corrected chi connectivity index (χ0v) is 15.2. The number of benzene rings is 1. The van der Waals surface area contributed by atoms with Gasteiger partial charge in [0.1, 0.15) is 18.1 Å². The molecule has 0 saturated heterocycles. The normalized spacial score (nSPS) is 21.3. The molecule has 25 heavy (non-hydrogen) atoms. The Kier molecular flexibility index (Phi) is 5.07. The summed E-state index contributed by atoms with van der Waals surface area (Å²) < 4.78 is 19.9. The number of aromatic nitrogens is 1. The van der Waals surface area contributed by atoms with Crippen LogP contribution in [0.5, 0.6) is 5.75 Å². The molecule has 1 aliphatic carbocycles. The summed E-state index contributed by atoms with van der Waals surface area (Å²) in [6.45, 7) is 6.28. The van der Waals surface area contributed by atoms with Crippen LogP contribution < -0.4 is 4.74 Å². The van der Waals surface area contributed by atoms with Crippen LogP contribution in [0, 0.1) is 11.3 Å². The van der Waals surface area contributed by atoms with Crippen molar-refractivity contribution >= 4 is 17.2 Å². The molecule has 1 heterocycles. The number of halogens is 1. The minimum Gasteiger partial charge on any atom is -0.490 e. The van der Waals surface area contributed by atoms with Gasteiger partial charge in [-0.3, -0.25) is 4.79 Å². The Hall–Kier alpha value is -1.97. The topological polar surface area (TPSA) is 39.2 Å². The van der Waals surface area contributed by atoms with E-state index in [4.69, 9.17) is 4.74 Å². The smallest absolute Gasteiger partial charge is 0.168 e. The highest BCUT2D eigenvalue weighted by atomic mass is 19.1. The molecule has 0 unspecified atom stereocenters. The molecule has 2 aromatic rings. The number of pyridine rings is 1. The van der Waals surface area contributed by atoms with Gasteiger partial charge in [0, 0.05) is 10.9 Å². The maximum atomic E-state index is 13.7. The van der Waals surface area contributed by atoms with E-state index in [1.54, 1.807) is 24.3 Å². The lowest BCUT2D eigenvalue weighted by atomic mass is 9.72. The summed E-state index contributed by atoms with van der Waals surface area (Å²) >= 11 is 0. The van der Waals surface area contributed by atoms with Crippen LogP contribution in [0.25, 0.3) is 10.9 Å². The van der Waals surface area contributed by atoms with Crippen LogP contribution in [-0.4, -0.2) is 17.4 Å². The molecule has 0 radical (unpaired) electrons. The fourth-order valence-electron chi connectivity index (χ4n) is 3.80. The standard InChI is InChI=1S/C21H26FNO2/c1-21(2,3)14-4-7-16(8-5-14)25-20-11-10-19-17(18(20)12-22)9-6-15(13-24)23-19/h6,9-11,13-14,16H,4-5,7-8,12H2,1-3H3. The third-order valence-corrected chi connectivity index (χ3v) is 5.41. The molecule has 0 N–H and O–H groups in total. The maximum Gasteiger partial charge on any atom is 0.168 e. The third-order valence-electron chi connectivity index (χ3n) is 5.41. The number of carbonyl (C=O) groups excluding carboxylic acids is 1. The Bertz CT molecular complexity index is 758. The molecular weight excluding hydrogens is 317 g/mol. The fourth-order valence-corrected chi connectivity index (χ4v) is 3.80. The molecule has 0 amide bonds. The van der Waals surface area contributed by atoms with E-state index in [1.165, 1.54) is 0 Å². The van der Waals surface area contributed by atoms with Gasteiger partial charge in [-0.05, 0) is 55.2 Å². The van der Waals surface area contributed by atoms with Gasteiger partial charge in [0.15, 0.2) is 6.29 Å². The van der Waals surface area contributed by atoms with Gasteiger partial charge in [-0.2, -0.15) is 0 Å². The average molecular weight is 343 g/mol. The molecule has 4 heteroatoms. The average Bonchev–Trinajstić information content (AvgIpc) is 2.60. The van der Waals surface area contributed by atoms with E-state index in [0.29, 0.717) is 39.6 Å². The van der Waals surface area contributed by atoms with E-state index in [9.17, 15) is 9.18 Å². The van der Waals surface area contributed by atoms with E-state index in [-0.39, 0.29) is 6.10 Å². The first-order chi connectivity index (χ1) is 11.9. The zero-order valence-electron chi connectivity index (χ0n) is 15.2. The number of fused-ring (bicyclic) bond motifs is 1. The predicted molar refractivity (Wildman–Crippen MR) is 97.8 cm³/mol. The Labute approximate surface area is 148 Å². The van der Waals surface area contributed by atoms with Gasteiger partial charge in [0.05, 0.1) is 11.6 Å². The minimum absolute atomic E-state index is 0.142. The van der Waals surface area contributed by atoms with Crippen molar-refractivity contribution in [1.82, 2.24) is 4.98 Å². The first-order valence-electron chi connectivity index (χ1n) is 9.03. The second kappa shape index (κ2) is 7.11. The number of nitrogens with zero attached hydrogens (tertiary/aromatic N) is 1. The second-order valence-electron chi connectivity index (χ2n) is 8.05. The molecular formula is C21H26FNO2. The van der Waals surface area contributed by atoms with Crippen molar-refractivity contribution in [2.45, 2.75) is 59.2 Å². The monoisotopic (exact) mass is 343 g/mol. The largest absolute Gasteiger partial charge is 0.490 e. The first-order valence-corrected chi connectivity index (χ1v) is 9.03. The Morgan fingerprint density at radius 1 is 1.16 bits per heavy atom. The van der Waals surface area contributed by atoms with Crippen molar-refractivity contribution in [3.63, 3.8) is 0 Å². The van der Waals surface area contributed by atoms with Crippen molar-refractivity contribution in [2.75, 3.05) is 0 Å². The first kappa shape index (κ1) is 17.8. The van der Waals surface area contributed by atoms with Crippen molar-refractivity contribution in [3.8, 4) is 5.75 Å². The summed E-state index contributed by atoms with van der Waals surface area (Å²) in [5, 5.41) is 0.717. The number of rotatable bonds is 4. The van der Waals surface area contributed by atoms with Gasteiger partial charge < -0.3 is 4.74 Å². The predicted octanol–water partition coefficient (Wildman–Crippen LogP) is 5.50. The Balaban J connectivity index is 1.79. The molecule has 1 saturated carbocycles. The van der Waals surface area contributed by atoms with E-state index in [1.807, 2.05) is 0 Å². The summed E-state index contributed by atoms with van der Waals surface area (Å²) in [6, 6.07) is 6.96. The molecule has 1 aliphatic rings. The number of hydrogen-bond acceptors (Lipinski definition) is 3. The van der Waals surface area contributed by atoms with Crippen molar-refractivity contribution in [3.05, 3.63) is 35.5 Å². The summed E-state index contributed by atoms with van der Waals surface area (Å²) in [5.74, 6) is 1.32. The lowest BCUT2D eigenvalue weighted by molar-refractivity contribution is 0.0873. The maximum absolute atomic E-state index is 13.7. The zero-order chi connectivity index (χ0) is 18.0. The van der Waals surface area contributed by atoms with E-state index >= 15 is 0 Å². The summed E-state index contributed by atoms with van der Waals surface area (Å²) in [5.41, 5.74) is 1.84. The molecule has 0 aliphatic heterocycles. The van der Waals surface area contributed by atoms with Gasteiger partial charge in [-0.25, -0.2) is 9.37 Å². The van der Waals surface area contributed by atoms with Crippen molar-refractivity contribution < 1.29 is 13.9 Å². The van der Waals surface area contributed by atoms with E-state index < -0.39 is 6.67 Å². The number of alkyl halides is 1. The molecule has 0 bridgehead atoms. The van der Waals surface area contributed by atoms with E-state index in [0.717, 1.165) is 31.6 Å². The molecule has 1 aromatic heterocycles. The van der Waals surface area contributed by atoms with Gasteiger partial charge in [-0.1, -0.05) is 26.8 Å². The van der Waals surface area contributed by atoms with Crippen LogP contribution in [0.2, 0.25) is 0 Å². The molecule has 3 rings (SSSR count). The highest BCUT2D eigenvalue weighted by molar-refractivity contribution is 5.87. The molecule has 0 spiro atoms. The van der Waals surface area contributed by atoms with Crippen LogP contribution in [0.15, 0.2) is 24.3 Å². The van der Waals surface area contributed by atoms with Crippen molar-refractivity contribution in [2.24, 2.45) is 11.3 Å². The molecule has 1 fully saturated rings. The van der Waals surface area contributed by atoms with Crippen LogP contribution >= 0.6 is 0 Å². The number of carbonyl (C=O) groups is 1. The summed E-state index contributed by atoms with van der Waals surface area (Å²) in [4.78, 5) is 15.1. The molecule has 134 valence electrons. The van der Waals surface area contributed by atoms with E-state index in [2.05, 4.69) is 25.8 Å². The number of hydrogen-bond donors (Lipinski definition) is 0. The third kappa shape index (κ3) is 3.83. The van der Waals surface area contributed by atoms with Gasteiger partial charge in [-0.15, -0.1) is 0 Å². The quantitative estimate of drug-likeness (QED) is 0.688. The summed E-state index contributed by atoms with van der Waals surface area (Å²) in [7, 11) is 0. The van der Waals surface area contributed by atoms with Gasteiger partial charge in [0.25, 0.3) is 0 Å². The van der Waals surface area contributed by atoms with Crippen molar-refractivity contribution in [1.29, 1.82) is 0 Å². The summed E-state index contributed by atoms with van der Waals surface area (Å²) in [6.07, 6.45) is 5.16. The van der Waals surface area contributed by atoms with Gasteiger partial charge in [0.2, 0.25) is 0 Å². The number of ether oxygens (including phenoxy) is 1. The van der Waals surface area contributed by atoms with Gasteiger partial charge >= 0.3 is 0 Å². The molecule has 3 nitrogen and oxygen atoms in total. The van der Waals surface area contributed by atoms with Crippen LogP contribution in [-0.2, 0) is 6.67 Å². The van der Waals surface area contributed by atoms with Crippen LogP contribution in [0.1, 0.15) is 62.5 Å². The van der Waals surface area contributed by atoms with Crippen LogP contribution in [0.4, 0.5) is 4.39 Å². The Morgan fingerprint density at radius 2 is 1.88 bits per heavy atom. The SMILES string of the molecule is CC(C)(C)C1CCC(Oc2ccc3nc(C=O)ccc3c2CF)CC1. The lowest BCUT2D eigenvalue weighted by Gasteiger charge is -2.37. The highest BCUT2D eigenvalue weighted by Crippen LogP contribution is 2.39. The second-order valence-corrected chi connectivity index (χ2v) is 8.05. The lowest BCUT2D eigenvalue weighted by Crippen LogP contribution is -2.30.